The number of rotatable bonds is 5. The van der Waals surface area contributed by atoms with Crippen molar-refractivity contribution in [2.24, 2.45) is 0 Å². The molecule has 5 nitrogen and oxygen atoms in total. The van der Waals surface area contributed by atoms with Gasteiger partial charge in [0.25, 0.3) is 0 Å². The van der Waals surface area contributed by atoms with Gasteiger partial charge in [0.05, 0.1) is 23.1 Å². The Morgan fingerprint density at radius 3 is 2.75 bits per heavy atom. The molecule has 1 aromatic heterocycles. The van der Waals surface area contributed by atoms with E-state index in [1.807, 2.05) is 6.07 Å². The largest absolute Gasteiger partial charge is 0.379 e. The third-order valence-corrected chi connectivity index (χ3v) is 6.99. The van der Waals surface area contributed by atoms with E-state index >= 15 is 0 Å². The summed E-state index contributed by atoms with van der Waals surface area (Å²) in [7, 11) is -3.47. The second-order valence-electron chi connectivity index (χ2n) is 5.24. The maximum Gasteiger partial charge on any atom is 0.243 e. The molecule has 128 valence electrons. The minimum Gasteiger partial charge on any atom is -0.379 e. The normalized spacial score (nSPS) is 16.2. The van der Waals surface area contributed by atoms with Crippen molar-refractivity contribution in [3.63, 3.8) is 0 Å². The summed E-state index contributed by atoms with van der Waals surface area (Å²) in [4.78, 5) is 4.54. The first-order valence-electron chi connectivity index (χ1n) is 7.47. The van der Waals surface area contributed by atoms with Crippen LogP contribution in [-0.2, 0) is 20.5 Å². The standard InChI is InChI=1S/C16H17ClN2O3S2/c17-15-5-2-6-18-16(15)23-12-13-3-1-4-14(11-13)24(20,21)19-7-9-22-10-8-19/h1-6,11H,7-10,12H2. The van der Waals surface area contributed by atoms with Crippen molar-refractivity contribution in [1.29, 1.82) is 0 Å². The van der Waals surface area contributed by atoms with Crippen LogP contribution in [0.1, 0.15) is 5.56 Å². The van der Waals surface area contributed by atoms with Crippen molar-refractivity contribution in [2.45, 2.75) is 15.7 Å². The third kappa shape index (κ3) is 4.10. The topological polar surface area (TPSA) is 59.5 Å². The number of thioether (sulfide) groups is 1. The molecule has 0 radical (unpaired) electrons. The Kier molecular flexibility index (Phi) is 5.78. The second-order valence-corrected chi connectivity index (χ2v) is 8.55. The Bertz CT molecular complexity index is 808. The summed E-state index contributed by atoms with van der Waals surface area (Å²) >= 11 is 7.58. The van der Waals surface area contributed by atoms with Gasteiger partial charge in [-0.05, 0) is 29.8 Å². The summed E-state index contributed by atoms with van der Waals surface area (Å²) in [5, 5.41) is 1.33. The van der Waals surface area contributed by atoms with Gasteiger partial charge in [-0.25, -0.2) is 13.4 Å². The van der Waals surface area contributed by atoms with Gasteiger partial charge in [0, 0.05) is 25.0 Å². The number of aromatic nitrogens is 1. The van der Waals surface area contributed by atoms with Gasteiger partial charge >= 0.3 is 0 Å². The maximum absolute atomic E-state index is 12.7. The van der Waals surface area contributed by atoms with E-state index in [1.54, 1.807) is 36.5 Å². The van der Waals surface area contributed by atoms with E-state index in [9.17, 15) is 8.42 Å². The highest BCUT2D eigenvalue weighted by Crippen LogP contribution is 2.28. The number of halogens is 1. The van der Waals surface area contributed by atoms with Crippen molar-refractivity contribution in [2.75, 3.05) is 26.3 Å². The summed E-state index contributed by atoms with van der Waals surface area (Å²) in [6, 6.07) is 10.6. The molecule has 0 atom stereocenters. The molecule has 1 fully saturated rings. The highest BCUT2D eigenvalue weighted by molar-refractivity contribution is 7.98. The molecule has 0 amide bonds. The molecule has 0 unspecified atom stereocenters. The smallest absolute Gasteiger partial charge is 0.243 e. The molecule has 0 aliphatic carbocycles. The number of sulfonamides is 1. The van der Waals surface area contributed by atoms with Crippen LogP contribution in [0.2, 0.25) is 5.02 Å². The van der Waals surface area contributed by atoms with Gasteiger partial charge < -0.3 is 4.74 Å². The molecule has 0 spiro atoms. The number of ether oxygens (including phenoxy) is 1. The molecule has 0 saturated carbocycles. The van der Waals surface area contributed by atoms with Crippen LogP contribution in [0.5, 0.6) is 0 Å². The monoisotopic (exact) mass is 384 g/mol. The predicted octanol–water partition coefficient (Wildman–Crippen LogP) is 3.05. The number of nitrogens with zero attached hydrogens (tertiary/aromatic N) is 2. The first-order valence-corrected chi connectivity index (χ1v) is 10.3. The van der Waals surface area contributed by atoms with Gasteiger partial charge in [-0.1, -0.05) is 23.7 Å². The van der Waals surface area contributed by atoms with Crippen LogP contribution >= 0.6 is 23.4 Å². The fraction of sp³-hybridized carbons (Fsp3) is 0.312. The second kappa shape index (κ2) is 7.84. The summed E-state index contributed by atoms with van der Waals surface area (Å²) in [6.45, 7) is 1.66. The zero-order valence-electron chi connectivity index (χ0n) is 12.9. The molecule has 2 aromatic rings. The van der Waals surface area contributed by atoms with Crippen molar-refractivity contribution < 1.29 is 13.2 Å². The Hall–Kier alpha value is -1.12. The molecule has 2 heterocycles. The Labute approximate surface area is 151 Å². The van der Waals surface area contributed by atoms with Crippen molar-refractivity contribution >= 4 is 33.4 Å². The molecule has 1 saturated heterocycles. The highest BCUT2D eigenvalue weighted by atomic mass is 35.5. The minimum absolute atomic E-state index is 0.314. The SMILES string of the molecule is O=S(=O)(c1cccc(CSc2ncccc2Cl)c1)N1CCOCC1. The first kappa shape index (κ1) is 17.7. The Balaban J connectivity index is 1.75. The van der Waals surface area contributed by atoms with Crippen LogP contribution in [0.3, 0.4) is 0 Å². The lowest BCUT2D eigenvalue weighted by Gasteiger charge is -2.26. The number of benzene rings is 1. The summed E-state index contributed by atoms with van der Waals surface area (Å²) in [6.07, 6.45) is 1.69. The van der Waals surface area contributed by atoms with E-state index in [4.69, 9.17) is 16.3 Å². The summed E-state index contributed by atoms with van der Waals surface area (Å²) in [5.74, 6) is 0.600. The third-order valence-electron chi connectivity index (χ3n) is 3.61. The number of pyridine rings is 1. The summed E-state index contributed by atoms with van der Waals surface area (Å²) < 4.78 is 32.1. The van der Waals surface area contributed by atoms with E-state index in [0.29, 0.717) is 42.0 Å². The van der Waals surface area contributed by atoms with Crippen molar-refractivity contribution in [3.8, 4) is 0 Å². The number of hydrogen-bond acceptors (Lipinski definition) is 5. The van der Waals surface area contributed by atoms with Crippen LogP contribution in [0.4, 0.5) is 0 Å². The Morgan fingerprint density at radius 1 is 1.21 bits per heavy atom. The fourth-order valence-corrected chi connectivity index (χ4v) is 4.95. The number of morpholine rings is 1. The molecular formula is C16H17ClN2O3S2. The van der Waals surface area contributed by atoms with Gasteiger partial charge in [0.1, 0.15) is 5.03 Å². The van der Waals surface area contributed by atoms with Crippen LogP contribution < -0.4 is 0 Å². The fourth-order valence-electron chi connectivity index (χ4n) is 2.36. The van der Waals surface area contributed by atoms with E-state index in [0.717, 1.165) is 10.6 Å². The molecule has 0 N–H and O–H groups in total. The van der Waals surface area contributed by atoms with Crippen LogP contribution in [0.15, 0.2) is 52.5 Å². The minimum atomic E-state index is -3.47. The van der Waals surface area contributed by atoms with Gasteiger partial charge in [0.15, 0.2) is 0 Å². The predicted molar refractivity (Wildman–Crippen MR) is 94.8 cm³/mol. The van der Waals surface area contributed by atoms with Crippen LogP contribution in [-0.4, -0.2) is 44.0 Å². The van der Waals surface area contributed by atoms with Crippen LogP contribution in [0.25, 0.3) is 0 Å². The molecular weight excluding hydrogens is 368 g/mol. The molecule has 8 heteroatoms. The van der Waals surface area contributed by atoms with Crippen LogP contribution in [0, 0.1) is 0 Å². The zero-order chi connectivity index (χ0) is 17.0. The molecule has 24 heavy (non-hydrogen) atoms. The van der Waals surface area contributed by atoms with E-state index in [1.165, 1.54) is 16.1 Å². The first-order chi connectivity index (χ1) is 11.6. The lowest BCUT2D eigenvalue weighted by Crippen LogP contribution is -2.40. The van der Waals surface area contributed by atoms with Crippen molar-refractivity contribution in [3.05, 3.63) is 53.2 Å². The maximum atomic E-state index is 12.7. The zero-order valence-corrected chi connectivity index (χ0v) is 15.3. The Morgan fingerprint density at radius 2 is 2.00 bits per heavy atom. The molecule has 1 aliphatic heterocycles. The van der Waals surface area contributed by atoms with E-state index < -0.39 is 10.0 Å². The van der Waals surface area contributed by atoms with E-state index in [2.05, 4.69) is 4.98 Å². The van der Waals surface area contributed by atoms with Gasteiger partial charge in [0.2, 0.25) is 10.0 Å². The van der Waals surface area contributed by atoms with Gasteiger partial charge in [-0.3, -0.25) is 0 Å². The highest BCUT2D eigenvalue weighted by Gasteiger charge is 2.26. The quantitative estimate of drug-likeness (QED) is 0.741. The molecule has 1 aliphatic rings. The van der Waals surface area contributed by atoms with Gasteiger partial charge in [-0.2, -0.15) is 4.31 Å². The average Bonchev–Trinajstić information content (AvgIpc) is 2.62. The molecule has 0 bridgehead atoms. The molecule has 1 aromatic carbocycles. The molecule has 3 rings (SSSR count). The van der Waals surface area contributed by atoms with E-state index in [-0.39, 0.29) is 0 Å². The van der Waals surface area contributed by atoms with Gasteiger partial charge in [-0.15, -0.1) is 11.8 Å². The lowest BCUT2D eigenvalue weighted by atomic mass is 10.2. The average molecular weight is 385 g/mol. The van der Waals surface area contributed by atoms with Crippen molar-refractivity contribution in [1.82, 2.24) is 9.29 Å². The lowest BCUT2D eigenvalue weighted by molar-refractivity contribution is 0.0730. The number of hydrogen-bond donors (Lipinski definition) is 0. The summed E-state index contributed by atoms with van der Waals surface area (Å²) in [5.41, 5.74) is 0.913.